The van der Waals surface area contributed by atoms with Gasteiger partial charge in [-0.1, -0.05) is 0 Å². The van der Waals surface area contributed by atoms with Gasteiger partial charge in [-0.05, 0) is 34.1 Å². The summed E-state index contributed by atoms with van der Waals surface area (Å²) in [7, 11) is 0. The lowest BCUT2D eigenvalue weighted by Crippen LogP contribution is -2.28. The zero-order valence-corrected chi connectivity index (χ0v) is 11.8. The fourth-order valence-corrected chi connectivity index (χ4v) is 1.83. The number of H-pyrrole nitrogens is 1. The number of aromatic carboxylic acids is 1. The van der Waals surface area contributed by atoms with Gasteiger partial charge in [-0.2, -0.15) is 0 Å². The van der Waals surface area contributed by atoms with E-state index in [1.54, 1.807) is 18.5 Å². The molecule has 104 valence electrons. The smallest absolute Gasteiger partial charge is 0.335 e. The number of urea groups is 1. The molecular formula is C12H11BrN4O3. The Bertz CT molecular complexity index is 628. The first-order valence-corrected chi connectivity index (χ1v) is 6.41. The summed E-state index contributed by atoms with van der Waals surface area (Å²) in [6, 6.07) is 3.92. The number of carbonyl (C=O) groups excluding carboxylic acids is 1. The molecule has 7 nitrogen and oxygen atoms in total. The quantitative estimate of drug-likeness (QED) is 0.685. The molecule has 0 spiro atoms. The number of carboxylic acid groups (broad SMARTS) is 1. The molecule has 1 aromatic heterocycles. The van der Waals surface area contributed by atoms with E-state index >= 15 is 0 Å². The van der Waals surface area contributed by atoms with Crippen LogP contribution >= 0.6 is 15.9 Å². The lowest BCUT2D eigenvalue weighted by Gasteiger charge is -2.09. The Balaban J connectivity index is 2.00. The number of rotatable bonds is 4. The Kier molecular flexibility index (Phi) is 4.36. The highest BCUT2D eigenvalue weighted by atomic mass is 79.9. The van der Waals surface area contributed by atoms with Gasteiger partial charge in [-0.15, -0.1) is 0 Å². The minimum Gasteiger partial charge on any atom is -0.478 e. The van der Waals surface area contributed by atoms with Gasteiger partial charge >= 0.3 is 12.0 Å². The molecule has 0 saturated heterocycles. The van der Waals surface area contributed by atoms with E-state index in [0.717, 1.165) is 0 Å². The largest absolute Gasteiger partial charge is 0.478 e. The Labute approximate surface area is 122 Å². The Morgan fingerprint density at radius 3 is 2.85 bits per heavy atom. The van der Waals surface area contributed by atoms with Crippen LogP contribution in [-0.4, -0.2) is 27.1 Å². The molecule has 0 atom stereocenters. The lowest BCUT2D eigenvalue weighted by atomic mass is 10.2. The number of amides is 2. The van der Waals surface area contributed by atoms with Crippen molar-refractivity contribution < 1.29 is 14.7 Å². The van der Waals surface area contributed by atoms with Crippen molar-refractivity contribution >= 4 is 33.6 Å². The molecule has 0 unspecified atom stereocenters. The van der Waals surface area contributed by atoms with Crippen molar-refractivity contribution in [2.45, 2.75) is 6.54 Å². The van der Waals surface area contributed by atoms with Crippen LogP contribution in [0.4, 0.5) is 10.5 Å². The number of hydrogen-bond acceptors (Lipinski definition) is 3. The van der Waals surface area contributed by atoms with Crippen LogP contribution in [0.1, 0.15) is 16.2 Å². The van der Waals surface area contributed by atoms with Crippen molar-refractivity contribution in [3.63, 3.8) is 0 Å². The molecule has 0 radical (unpaired) electrons. The second-order valence-corrected chi connectivity index (χ2v) is 4.70. The van der Waals surface area contributed by atoms with Crippen LogP contribution in [0.15, 0.2) is 35.1 Å². The Hall–Kier alpha value is -2.35. The standard InChI is InChI=1S/C12H11BrN4O3/c13-8-2-1-7(11(18)19)5-9(8)17-12(20)16-6-10-14-3-4-15-10/h1-5H,6H2,(H,14,15)(H,18,19)(H2,16,17,20). The predicted octanol–water partition coefficient (Wildman–Crippen LogP) is 2.19. The van der Waals surface area contributed by atoms with Crippen LogP contribution in [-0.2, 0) is 6.54 Å². The van der Waals surface area contributed by atoms with Crippen LogP contribution in [0.3, 0.4) is 0 Å². The summed E-state index contributed by atoms with van der Waals surface area (Å²) in [5, 5.41) is 14.1. The molecule has 2 amide bonds. The fourth-order valence-electron chi connectivity index (χ4n) is 1.48. The number of nitrogens with zero attached hydrogens (tertiary/aromatic N) is 1. The number of benzene rings is 1. The van der Waals surface area contributed by atoms with Gasteiger partial charge in [0.2, 0.25) is 0 Å². The molecule has 1 aromatic carbocycles. The molecule has 4 N–H and O–H groups in total. The maximum atomic E-state index is 11.7. The number of halogens is 1. The van der Waals surface area contributed by atoms with Gasteiger partial charge in [0.05, 0.1) is 17.8 Å². The number of aromatic nitrogens is 2. The van der Waals surface area contributed by atoms with Gasteiger partial charge < -0.3 is 20.7 Å². The van der Waals surface area contributed by atoms with E-state index in [2.05, 4.69) is 36.5 Å². The number of aromatic amines is 1. The van der Waals surface area contributed by atoms with Gasteiger partial charge in [-0.25, -0.2) is 14.6 Å². The van der Waals surface area contributed by atoms with E-state index in [-0.39, 0.29) is 12.1 Å². The van der Waals surface area contributed by atoms with E-state index in [9.17, 15) is 9.59 Å². The van der Waals surface area contributed by atoms with Crippen molar-refractivity contribution in [2.24, 2.45) is 0 Å². The molecule has 0 bridgehead atoms. The van der Waals surface area contributed by atoms with Crippen LogP contribution in [0.25, 0.3) is 0 Å². The first-order chi connectivity index (χ1) is 9.56. The van der Waals surface area contributed by atoms with Crippen LogP contribution in [0, 0.1) is 0 Å². The van der Waals surface area contributed by atoms with Crippen LogP contribution < -0.4 is 10.6 Å². The van der Waals surface area contributed by atoms with E-state index < -0.39 is 12.0 Å². The molecule has 2 rings (SSSR count). The molecule has 0 saturated carbocycles. The summed E-state index contributed by atoms with van der Waals surface area (Å²) in [5.41, 5.74) is 0.469. The topological polar surface area (TPSA) is 107 Å². The summed E-state index contributed by atoms with van der Waals surface area (Å²) in [5.74, 6) is -0.435. The average Bonchev–Trinajstić information content (AvgIpc) is 2.92. The third kappa shape index (κ3) is 3.58. The van der Waals surface area contributed by atoms with E-state index in [0.29, 0.717) is 16.0 Å². The van der Waals surface area contributed by atoms with Crippen molar-refractivity contribution in [1.82, 2.24) is 15.3 Å². The van der Waals surface area contributed by atoms with Gasteiger partial charge in [0.1, 0.15) is 5.82 Å². The fraction of sp³-hybridized carbons (Fsp3) is 0.0833. The van der Waals surface area contributed by atoms with E-state index in [4.69, 9.17) is 5.11 Å². The zero-order valence-electron chi connectivity index (χ0n) is 10.2. The molecular weight excluding hydrogens is 328 g/mol. The summed E-state index contributed by atoms with van der Waals surface area (Å²) >= 11 is 3.24. The van der Waals surface area contributed by atoms with Crippen LogP contribution in [0.2, 0.25) is 0 Å². The monoisotopic (exact) mass is 338 g/mol. The lowest BCUT2D eigenvalue weighted by molar-refractivity contribution is 0.0697. The number of imidazole rings is 1. The maximum Gasteiger partial charge on any atom is 0.335 e. The first kappa shape index (κ1) is 14.1. The highest BCUT2D eigenvalue weighted by molar-refractivity contribution is 9.10. The predicted molar refractivity (Wildman–Crippen MR) is 75.5 cm³/mol. The van der Waals surface area contributed by atoms with Crippen molar-refractivity contribution in [3.05, 3.63) is 46.5 Å². The maximum absolute atomic E-state index is 11.7. The van der Waals surface area contributed by atoms with Crippen molar-refractivity contribution in [2.75, 3.05) is 5.32 Å². The highest BCUT2D eigenvalue weighted by Crippen LogP contribution is 2.23. The summed E-state index contributed by atoms with van der Waals surface area (Å²) < 4.78 is 0.593. The summed E-state index contributed by atoms with van der Waals surface area (Å²) in [4.78, 5) is 29.4. The molecule has 0 fully saturated rings. The average molecular weight is 339 g/mol. The van der Waals surface area contributed by atoms with Gasteiger partial charge in [-0.3, -0.25) is 0 Å². The second-order valence-electron chi connectivity index (χ2n) is 3.84. The number of nitrogens with one attached hydrogen (secondary N) is 3. The third-order valence-corrected chi connectivity index (χ3v) is 3.12. The minimum atomic E-state index is -1.06. The van der Waals surface area contributed by atoms with Crippen molar-refractivity contribution in [3.8, 4) is 0 Å². The Morgan fingerprint density at radius 1 is 1.40 bits per heavy atom. The minimum absolute atomic E-state index is 0.0922. The van der Waals surface area contributed by atoms with Gasteiger partial charge in [0, 0.05) is 16.9 Å². The van der Waals surface area contributed by atoms with E-state index in [1.165, 1.54) is 12.1 Å². The highest BCUT2D eigenvalue weighted by Gasteiger charge is 2.09. The Morgan fingerprint density at radius 2 is 2.20 bits per heavy atom. The second kappa shape index (κ2) is 6.20. The molecule has 1 heterocycles. The molecule has 0 aliphatic carbocycles. The SMILES string of the molecule is O=C(NCc1ncc[nH]1)Nc1cc(C(=O)O)ccc1Br. The number of carboxylic acids is 1. The first-order valence-electron chi connectivity index (χ1n) is 5.62. The zero-order chi connectivity index (χ0) is 14.5. The molecule has 0 aliphatic heterocycles. The van der Waals surface area contributed by atoms with Crippen molar-refractivity contribution in [1.29, 1.82) is 0 Å². The summed E-state index contributed by atoms with van der Waals surface area (Å²) in [6.07, 6.45) is 3.24. The normalized spacial score (nSPS) is 10.1. The van der Waals surface area contributed by atoms with Gasteiger partial charge in [0.15, 0.2) is 0 Å². The molecule has 8 heteroatoms. The number of anilines is 1. The number of hydrogen-bond donors (Lipinski definition) is 4. The van der Waals surface area contributed by atoms with Crippen LogP contribution in [0.5, 0.6) is 0 Å². The molecule has 20 heavy (non-hydrogen) atoms. The summed E-state index contributed by atoms with van der Waals surface area (Å²) in [6.45, 7) is 0.245. The molecule has 2 aromatic rings. The molecule has 0 aliphatic rings. The van der Waals surface area contributed by atoms with E-state index in [1.807, 2.05) is 0 Å². The third-order valence-electron chi connectivity index (χ3n) is 2.43. The van der Waals surface area contributed by atoms with Gasteiger partial charge in [0.25, 0.3) is 0 Å². The number of carbonyl (C=O) groups is 2.